The van der Waals surface area contributed by atoms with Crippen molar-refractivity contribution >= 4 is 0 Å². The third-order valence-electron chi connectivity index (χ3n) is 2.12. The highest BCUT2D eigenvalue weighted by atomic mass is 19.1. The second kappa shape index (κ2) is 4.55. The van der Waals surface area contributed by atoms with Crippen molar-refractivity contribution in [2.45, 2.75) is 38.9 Å². The van der Waals surface area contributed by atoms with Gasteiger partial charge in [-0.05, 0) is 26.5 Å². The molecule has 0 amide bonds. The summed E-state index contributed by atoms with van der Waals surface area (Å²) in [5, 5.41) is 4.13. The summed E-state index contributed by atoms with van der Waals surface area (Å²) >= 11 is 0. The van der Waals surface area contributed by atoms with E-state index in [0.29, 0.717) is 19.5 Å². The number of hydrogen-bond acceptors (Lipinski definition) is 2. The SMILES string of the molecule is CC(C)(F)CCn1nccc1CCN. The van der Waals surface area contributed by atoms with Crippen LogP contribution in [0.25, 0.3) is 0 Å². The zero-order chi connectivity index (χ0) is 10.6. The van der Waals surface area contributed by atoms with Gasteiger partial charge < -0.3 is 5.73 Å². The Bertz CT molecular complexity index is 275. The van der Waals surface area contributed by atoms with Gasteiger partial charge in [-0.1, -0.05) is 0 Å². The standard InChI is InChI=1S/C10H18FN3/c1-10(2,11)5-8-14-9(3-6-12)4-7-13-14/h4,7H,3,5-6,8,12H2,1-2H3. The average molecular weight is 199 g/mol. The lowest BCUT2D eigenvalue weighted by atomic mass is 10.1. The number of nitrogens with zero attached hydrogens (tertiary/aromatic N) is 2. The van der Waals surface area contributed by atoms with Gasteiger partial charge in [-0.3, -0.25) is 4.68 Å². The van der Waals surface area contributed by atoms with E-state index < -0.39 is 5.67 Å². The zero-order valence-electron chi connectivity index (χ0n) is 8.83. The molecule has 0 saturated heterocycles. The van der Waals surface area contributed by atoms with Crippen LogP contribution < -0.4 is 5.73 Å². The van der Waals surface area contributed by atoms with Gasteiger partial charge in [0.2, 0.25) is 0 Å². The van der Waals surface area contributed by atoms with E-state index in [4.69, 9.17) is 5.73 Å². The summed E-state index contributed by atoms with van der Waals surface area (Å²) in [7, 11) is 0. The highest BCUT2D eigenvalue weighted by Gasteiger charge is 2.15. The molecule has 3 nitrogen and oxygen atoms in total. The van der Waals surface area contributed by atoms with Gasteiger partial charge in [-0.15, -0.1) is 0 Å². The molecule has 0 fully saturated rings. The number of hydrogen-bond donors (Lipinski definition) is 1. The fourth-order valence-electron chi connectivity index (χ4n) is 1.29. The predicted molar refractivity (Wildman–Crippen MR) is 54.8 cm³/mol. The van der Waals surface area contributed by atoms with Crippen LogP contribution in [-0.4, -0.2) is 22.0 Å². The van der Waals surface area contributed by atoms with E-state index in [-0.39, 0.29) is 0 Å². The Morgan fingerprint density at radius 1 is 1.57 bits per heavy atom. The molecule has 0 aliphatic rings. The molecule has 80 valence electrons. The van der Waals surface area contributed by atoms with E-state index >= 15 is 0 Å². The Hall–Kier alpha value is -0.900. The molecule has 14 heavy (non-hydrogen) atoms. The van der Waals surface area contributed by atoms with Crippen LogP contribution in [0.5, 0.6) is 0 Å². The number of aryl methyl sites for hydroxylation is 1. The highest BCUT2D eigenvalue weighted by Crippen LogP contribution is 2.15. The predicted octanol–water partition coefficient (Wildman–Crippen LogP) is 1.52. The van der Waals surface area contributed by atoms with Crippen LogP contribution in [0.1, 0.15) is 26.0 Å². The lowest BCUT2D eigenvalue weighted by molar-refractivity contribution is 0.189. The molecule has 0 unspecified atom stereocenters. The molecule has 0 bridgehead atoms. The summed E-state index contributed by atoms with van der Waals surface area (Å²) in [5.74, 6) is 0. The lowest BCUT2D eigenvalue weighted by Gasteiger charge is -2.14. The largest absolute Gasteiger partial charge is 0.330 e. The number of rotatable bonds is 5. The smallest absolute Gasteiger partial charge is 0.107 e. The summed E-state index contributed by atoms with van der Waals surface area (Å²) in [6, 6.07) is 1.93. The molecule has 2 N–H and O–H groups in total. The maximum Gasteiger partial charge on any atom is 0.107 e. The van der Waals surface area contributed by atoms with E-state index in [0.717, 1.165) is 12.1 Å². The van der Waals surface area contributed by atoms with Gasteiger partial charge >= 0.3 is 0 Å². The molecule has 1 rings (SSSR count). The summed E-state index contributed by atoms with van der Waals surface area (Å²) < 4.78 is 15.1. The topological polar surface area (TPSA) is 43.8 Å². The molecular formula is C10H18FN3. The van der Waals surface area contributed by atoms with Crippen molar-refractivity contribution in [1.82, 2.24) is 9.78 Å². The molecule has 0 atom stereocenters. The summed E-state index contributed by atoms with van der Waals surface area (Å²) in [6.07, 6.45) is 3.01. The van der Waals surface area contributed by atoms with E-state index in [1.807, 2.05) is 10.7 Å². The molecule has 0 saturated carbocycles. The van der Waals surface area contributed by atoms with E-state index in [1.54, 1.807) is 20.0 Å². The van der Waals surface area contributed by atoms with Crippen LogP contribution in [0.3, 0.4) is 0 Å². The third kappa shape index (κ3) is 3.46. The van der Waals surface area contributed by atoms with Crippen molar-refractivity contribution in [2.24, 2.45) is 5.73 Å². The quantitative estimate of drug-likeness (QED) is 0.781. The maximum absolute atomic E-state index is 13.2. The van der Waals surface area contributed by atoms with Crippen molar-refractivity contribution in [2.75, 3.05) is 6.54 Å². The Balaban J connectivity index is 2.53. The van der Waals surface area contributed by atoms with Crippen molar-refractivity contribution in [1.29, 1.82) is 0 Å². The number of aromatic nitrogens is 2. The molecular weight excluding hydrogens is 181 g/mol. The van der Waals surface area contributed by atoms with Crippen LogP contribution in [0.4, 0.5) is 4.39 Å². The molecule has 0 spiro atoms. The first-order valence-electron chi connectivity index (χ1n) is 4.92. The average Bonchev–Trinajstić information content (AvgIpc) is 2.48. The number of alkyl halides is 1. The van der Waals surface area contributed by atoms with Gasteiger partial charge in [0.15, 0.2) is 0 Å². The minimum absolute atomic E-state index is 0.478. The van der Waals surface area contributed by atoms with Crippen molar-refractivity contribution < 1.29 is 4.39 Å². The van der Waals surface area contributed by atoms with Gasteiger partial charge in [0.25, 0.3) is 0 Å². The van der Waals surface area contributed by atoms with Crippen molar-refractivity contribution in [3.8, 4) is 0 Å². The fraction of sp³-hybridized carbons (Fsp3) is 0.700. The number of halogens is 1. The summed E-state index contributed by atoms with van der Waals surface area (Å²) in [4.78, 5) is 0. The molecule has 4 heteroatoms. The maximum atomic E-state index is 13.2. The Kier molecular flexibility index (Phi) is 3.63. The minimum Gasteiger partial charge on any atom is -0.330 e. The Morgan fingerprint density at radius 2 is 2.29 bits per heavy atom. The molecule has 0 aromatic carbocycles. The lowest BCUT2D eigenvalue weighted by Crippen LogP contribution is -2.18. The minimum atomic E-state index is -1.13. The first-order chi connectivity index (χ1) is 6.53. The first-order valence-corrected chi connectivity index (χ1v) is 4.92. The van der Waals surface area contributed by atoms with E-state index in [1.165, 1.54) is 0 Å². The first kappa shape index (κ1) is 11.2. The van der Waals surface area contributed by atoms with Gasteiger partial charge in [0, 0.05) is 31.3 Å². The fourth-order valence-corrected chi connectivity index (χ4v) is 1.29. The molecule has 0 aliphatic carbocycles. The third-order valence-corrected chi connectivity index (χ3v) is 2.12. The van der Waals surface area contributed by atoms with Gasteiger partial charge in [0.05, 0.1) is 0 Å². The van der Waals surface area contributed by atoms with Crippen LogP contribution >= 0.6 is 0 Å². The summed E-state index contributed by atoms with van der Waals surface area (Å²) in [6.45, 7) is 4.38. The normalized spacial score (nSPS) is 12.0. The highest BCUT2D eigenvalue weighted by molar-refractivity contribution is 5.00. The number of nitrogens with two attached hydrogens (primary N) is 1. The van der Waals surface area contributed by atoms with Crippen LogP contribution in [0, 0.1) is 0 Å². The van der Waals surface area contributed by atoms with E-state index in [9.17, 15) is 4.39 Å². The van der Waals surface area contributed by atoms with E-state index in [2.05, 4.69) is 5.10 Å². The molecule has 0 radical (unpaired) electrons. The molecule has 1 aromatic heterocycles. The van der Waals surface area contributed by atoms with Gasteiger partial charge in [-0.2, -0.15) is 5.10 Å². The Morgan fingerprint density at radius 3 is 2.86 bits per heavy atom. The van der Waals surface area contributed by atoms with Crippen LogP contribution in [0.15, 0.2) is 12.3 Å². The second-order valence-electron chi connectivity index (χ2n) is 4.05. The van der Waals surface area contributed by atoms with Gasteiger partial charge in [0.1, 0.15) is 5.67 Å². The van der Waals surface area contributed by atoms with Crippen molar-refractivity contribution in [3.63, 3.8) is 0 Å². The molecule has 1 aromatic rings. The van der Waals surface area contributed by atoms with Crippen LogP contribution in [-0.2, 0) is 13.0 Å². The Labute approximate surface area is 84.1 Å². The zero-order valence-corrected chi connectivity index (χ0v) is 8.83. The second-order valence-corrected chi connectivity index (χ2v) is 4.05. The van der Waals surface area contributed by atoms with Crippen LogP contribution in [0.2, 0.25) is 0 Å². The molecule has 0 aliphatic heterocycles. The summed E-state index contributed by atoms with van der Waals surface area (Å²) in [5.41, 5.74) is 5.40. The van der Waals surface area contributed by atoms with Crippen molar-refractivity contribution in [3.05, 3.63) is 18.0 Å². The van der Waals surface area contributed by atoms with Gasteiger partial charge in [-0.25, -0.2) is 4.39 Å². The monoisotopic (exact) mass is 199 g/mol. The molecule has 1 heterocycles.